The first-order valence-electron chi connectivity index (χ1n) is 8.11. The van der Waals surface area contributed by atoms with E-state index in [-0.39, 0.29) is 16.7 Å². The largest absolute Gasteiger partial charge is 0.325 e. The van der Waals surface area contributed by atoms with Crippen LogP contribution in [0.3, 0.4) is 0 Å². The lowest BCUT2D eigenvalue weighted by Crippen LogP contribution is -2.24. The summed E-state index contributed by atoms with van der Waals surface area (Å²) in [7, 11) is 0. The Bertz CT molecular complexity index is 845. The van der Waals surface area contributed by atoms with E-state index in [9.17, 15) is 9.59 Å². The minimum Gasteiger partial charge on any atom is -0.325 e. The Kier molecular flexibility index (Phi) is 4.76. The Morgan fingerprint density at radius 1 is 1.33 bits per heavy atom. The van der Waals surface area contributed by atoms with Crippen LogP contribution in [0.2, 0.25) is 0 Å². The van der Waals surface area contributed by atoms with Gasteiger partial charge < -0.3 is 10.3 Å². The van der Waals surface area contributed by atoms with Gasteiger partial charge >= 0.3 is 0 Å². The number of aryl methyl sites for hydroxylation is 3. The van der Waals surface area contributed by atoms with Crippen molar-refractivity contribution in [2.75, 3.05) is 5.32 Å². The quantitative estimate of drug-likeness (QED) is 0.661. The summed E-state index contributed by atoms with van der Waals surface area (Å²) in [6.45, 7) is 5.81. The third kappa shape index (κ3) is 3.53. The number of hydrogen-bond acceptors (Lipinski definition) is 4. The molecule has 1 aliphatic carbocycles. The number of H-pyrrole nitrogens is 1. The van der Waals surface area contributed by atoms with Crippen molar-refractivity contribution < 1.29 is 4.79 Å². The van der Waals surface area contributed by atoms with Crippen LogP contribution >= 0.6 is 11.8 Å². The number of anilines is 1. The number of hydrogen-bond donors (Lipinski definition) is 2. The van der Waals surface area contributed by atoms with Crippen molar-refractivity contribution in [1.82, 2.24) is 9.97 Å². The van der Waals surface area contributed by atoms with Gasteiger partial charge in [0.25, 0.3) is 5.56 Å². The number of rotatable bonds is 4. The third-order valence-corrected chi connectivity index (χ3v) is 5.20. The number of fused-ring (bicyclic) bond motifs is 1. The average molecular weight is 343 g/mol. The van der Waals surface area contributed by atoms with Crippen molar-refractivity contribution >= 4 is 23.4 Å². The summed E-state index contributed by atoms with van der Waals surface area (Å²) in [5.74, 6) is -0.102. The first-order chi connectivity index (χ1) is 11.4. The van der Waals surface area contributed by atoms with E-state index in [0.29, 0.717) is 5.16 Å². The molecule has 1 unspecified atom stereocenters. The molecule has 0 bridgehead atoms. The van der Waals surface area contributed by atoms with Gasteiger partial charge in [0.2, 0.25) is 5.91 Å². The highest BCUT2D eigenvalue weighted by Crippen LogP contribution is 2.24. The molecule has 0 radical (unpaired) electrons. The molecule has 1 aromatic carbocycles. The highest BCUT2D eigenvalue weighted by molar-refractivity contribution is 8.00. The van der Waals surface area contributed by atoms with Gasteiger partial charge in [-0.3, -0.25) is 9.59 Å². The normalized spacial score (nSPS) is 14.3. The fourth-order valence-corrected chi connectivity index (χ4v) is 3.70. The van der Waals surface area contributed by atoms with Gasteiger partial charge in [-0.15, -0.1) is 0 Å². The van der Waals surface area contributed by atoms with Gasteiger partial charge in [-0.05, 0) is 51.7 Å². The summed E-state index contributed by atoms with van der Waals surface area (Å²) >= 11 is 1.28. The number of thioether (sulfide) groups is 1. The third-order valence-electron chi connectivity index (χ3n) is 4.22. The molecule has 1 aromatic heterocycles. The van der Waals surface area contributed by atoms with Gasteiger partial charge in [-0.2, -0.15) is 0 Å². The summed E-state index contributed by atoms with van der Waals surface area (Å²) in [6, 6.07) is 5.92. The molecule has 2 aromatic rings. The highest BCUT2D eigenvalue weighted by Gasteiger charge is 2.21. The van der Waals surface area contributed by atoms with Crippen molar-refractivity contribution in [3.8, 4) is 0 Å². The van der Waals surface area contributed by atoms with E-state index in [1.54, 1.807) is 0 Å². The van der Waals surface area contributed by atoms with E-state index >= 15 is 0 Å². The Hall–Kier alpha value is -2.08. The summed E-state index contributed by atoms with van der Waals surface area (Å²) in [5, 5.41) is 3.11. The summed E-state index contributed by atoms with van der Waals surface area (Å²) in [5.41, 5.74) is 4.61. The second-order valence-electron chi connectivity index (χ2n) is 6.22. The zero-order valence-electron chi connectivity index (χ0n) is 14.1. The molecule has 0 aliphatic heterocycles. The lowest BCUT2D eigenvalue weighted by atomic mass is 10.1. The summed E-state index contributed by atoms with van der Waals surface area (Å²) < 4.78 is 0. The van der Waals surface area contributed by atoms with E-state index in [1.807, 2.05) is 39.0 Å². The van der Waals surface area contributed by atoms with Crippen LogP contribution in [-0.2, 0) is 17.6 Å². The Morgan fingerprint density at radius 2 is 2.12 bits per heavy atom. The summed E-state index contributed by atoms with van der Waals surface area (Å²) in [6.07, 6.45) is 2.61. The molecular formula is C18H21N3O2S. The molecule has 0 spiro atoms. The predicted octanol–water partition coefficient (Wildman–Crippen LogP) is 2.99. The molecule has 6 heteroatoms. The lowest BCUT2D eigenvalue weighted by molar-refractivity contribution is -0.115. The highest BCUT2D eigenvalue weighted by atomic mass is 32.2. The van der Waals surface area contributed by atoms with Crippen LogP contribution in [0.15, 0.2) is 28.2 Å². The topological polar surface area (TPSA) is 74.8 Å². The van der Waals surface area contributed by atoms with E-state index in [2.05, 4.69) is 15.3 Å². The minimum absolute atomic E-state index is 0.0676. The maximum Gasteiger partial charge on any atom is 0.254 e. The smallest absolute Gasteiger partial charge is 0.254 e. The van der Waals surface area contributed by atoms with Crippen LogP contribution in [0.5, 0.6) is 0 Å². The first-order valence-corrected chi connectivity index (χ1v) is 8.99. The molecule has 0 fully saturated rings. The van der Waals surface area contributed by atoms with Crippen molar-refractivity contribution in [3.63, 3.8) is 0 Å². The molecule has 1 aliphatic rings. The fraction of sp³-hybridized carbons (Fsp3) is 0.389. The van der Waals surface area contributed by atoms with Crippen molar-refractivity contribution in [1.29, 1.82) is 0 Å². The maximum atomic E-state index is 12.4. The second-order valence-corrected chi connectivity index (χ2v) is 7.55. The van der Waals surface area contributed by atoms with Crippen molar-refractivity contribution in [3.05, 3.63) is 50.9 Å². The standard InChI is InChI=1S/C18H21N3O2S/c1-10-7-8-14(11(2)9-10)19-16(22)12(3)24-18-20-15-6-4-5-13(15)17(23)21-18/h7-9,12H,4-6H2,1-3H3,(H,19,22)(H,20,21,23). The fourth-order valence-electron chi connectivity index (χ4n) is 2.88. The van der Waals surface area contributed by atoms with Gasteiger partial charge in [-0.1, -0.05) is 29.5 Å². The molecule has 1 atom stereocenters. The minimum atomic E-state index is -0.353. The molecular weight excluding hydrogens is 322 g/mol. The summed E-state index contributed by atoms with van der Waals surface area (Å²) in [4.78, 5) is 31.8. The lowest BCUT2D eigenvalue weighted by Gasteiger charge is -2.13. The van der Waals surface area contributed by atoms with E-state index in [4.69, 9.17) is 0 Å². The number of aromatic nitrogens is 2. The van der Waals surface area contributed by atoms with Crippen LogP contribution in [0.4, 0.5) is 5.69 Å². The molecule has 126 valence electrons. The van der Waals surface area contributed by atoms with Crippen LogP contribution in [-0.4, -0.2) is 21.1 Å². The Labute approximate surface area is 145 Å². The molecule has 0 saturated carbocycles. The van der Waals surface area contributed by atoms with Crippen LogP contribution in [0, 0.1) is 13.8 Å². The van der Waals surface area contributed by atoms with Crippen LogP contribution in [0.1, 0.15) is 35.7 Å². The molecule has 2 N–H and O–H groups in total. The van der Waals surface area contributed by atoms with E-state index in [1.165, 1.54) is 11.8 Å². The maximum absolute atomic E-state index is 12.4. The van der Waals surface area contributed by atoms with Gasteiger partial charge in [0.15, 0.2) is 5.16 Å². The van der Waals surface area contributed by atoms with Gasteiger partial charge in [-0.25, -0.2) is 4.98 Å². The monoisotopic (exact) mass is 343 g/mol. The van der Waals surface area contributed by atoms with E-state index < -0.39 is 0 Å². The van der Waals surface area contributed by atoms with Gasteiger partial charge in [0.05, 0.1) is 10.9 Å². The molecule has 5 nitrogen and oxygen atoms in total. The van der Waals surface area contributed by atoms with Crippen molar-refractivity contribution in [2.24, 2.45) is 0 Å². The molecule has 3 rings (SSSR count). The van der Waals surface area contributed by atoms with E-state index in [0.717, 1.165) is 47.3 Å². The average Bonchev–Trinajstić information content (AvgIpc) is 2.99. The van der Waals surface area contributed by atoms with Crippen LogP contribution < -0.4 is 10.9 Å². The number of carbonyl (C=O) groups excluding carboxylic acids is 1. The van der Waals surface area contributed by atoms with Gasteiger partial charge in [0, 0.05) is 11.3 Å². The number of carbonyl (C=O) groups is 1. The number of aromatic amines is 1. The van der Waals surface area contributed by atoms with Crippen LogP contribution in [0.25, 0.3) is 0 Å². The molecule has 0 saturated heterocycles. The molecule has 1 heterocycles. The van der Waals surface area contributed by atoms with Crippen molar-refractivity contribution in [2.45, 2.75) is 50.4 Å². The number of amides is 1. The Balaban J connectivity index is 1.70. The zero-order valence-corrected chi connectivity index (χ0v) is 14.9. The second kappa shape index (κ2) is 6.81. The Morgan fingerprint density at radius 3 is 2.88 bits per heavy atom. The predicted molar refractivity (Wildman–Crippen MR) is 96.7 cm³/mol. The van der Waals surface area contributed by atoms with Gasteiger partial charge in [0.1, 0.15) is 0 Å². The first kappa shape index (κ1) is 16.8. The molecule has 24 heavy (non-hydrogen) atoms. The SMILES string of the molecule is Cc1ccc(NC(=O)C(C)Sc2nc3c(c(=O)[nH]2)CCC3)c(C)c1. The number of benzene rings is 1. The number of nitrogens with zero attached hydrogens (tertiary/aromatic N) is 1. The molecule has 1 amide bonds. The zero-order chi connectivity index (χ0) is 17.3. The number of nitrogens with one attached hydrogen (secondary N) is 2.